The molecule has 1 N–H and O–H groups in total. The number of ether oxygens (including phenoxy) is 2. The number of carbonyl (C=O) groups is 2. The molecule has 1 atom stereocenters. The molecule has 0 saturated carbocycles. The topological polar surface area (TPSA) is 67.9 Å². The first-order valence-electron chi connectivity index (χ1n) is 9.49. The molecule has 0 spiro atoms. The lowest BCUT2D eigenvalue weighted by atomic mass is 10.1. The Morgan fingerprint density at radius 1 is 1.07 bits per heavy atom. The molecule has 148 valence electrons. The van der Waals surface area contributed by atoms with Crippen LogP contribution >= 0.6 is 0 Å². The Balaban J connectivity index is 1.51. The van der Waals surface area contributed by atoms with Gasteiger partial charge in [-0.25, -0.2) is 4.79 Å². The number of anilines is 1. The Morgan fingerprint density at radius 2 is 1.71 bits per heavy atom. The number of esters is 1. The van der Waals surface area contributed by atoms with Crippen molar-refractivity contribution in [2.45, 2.75) is 26.5 Å². The van der Waals surface area contributed by atoms with E-state index in [4.69, 9.17) is 9.47 Å². The first-order chi connectivity index (χ1) is 13.5. The molecule has 1 heterocycles. The fourth-order valence-corrected chi connectivity index (χ4v) is 2.93. The standard InChI is InChI=1S/C22H26N2O4/c1-16-3-9-20(10-4-16)23-21(25)17(2)28-22(26)19-7-5-18(6-8-19)15-24-11-13-27-14-12-24/h3-10,17H,11-15H2,1-2H3,(H,23,25)/t17-/m0/s1. The van der Waals surface area contributed by atoms with Gasteiger partial charge in [-0.15, -0.1) is 0 Å². The van der Waals surface area contributed by atoms with Gasteiger partial charge in [0.1, 0.15) is 0 Å². The molecule has 1 saturated heterocycles. The third-order valence-corrected chi connectivity index (χ3v) is 4.67. The quantitative estimate of drug-likeness (QED) is 0.778. The summed E-state index contributed by atoms with van der Waals surface area (Å²) in [5.74, 6) is -0.870. The van der Waals surface area contributed by atoms with Crippen molar-refractivity contribution in [2.24, 2.45) is 0 Å². The maximum atomic E-state index is 12.3. The van der Waals surface area contributed by atoms with Crippen LogP contribution in [-0.2, 0) is 20.8 Å². The number of morpholine rings is 1. The van der Waals surface area contributed by atoms with E-state index < -0.39 is 12.1 Å². The van der Waals surface area contributed by atoms with E-state index >= 15 is 0 Å². The SMILES string of the molecule is Cc1ccc(NC(=O)[C@H](C)OC(=O)c2ccc(CN3CCOCC3)cc2)cc1. The van der Waals surface area contributed by atoms with Crippen LogP contribution in [0.15, 0.2) is 48.5 Å². The maximum Gasteiger partial charge on any atom is 0.338 e. The number of benzene rings is 2. The Labute approximate surface area is 165 Å². The van der Waals surface area contributed by atoms with Gasteiger partial charge in [0.15, 0.2) is 6.10 Å². The summed E-state index contributed by atoms with van der Waals surface area (Å²) in [6.07, 6.45) is -0.887. The highest BCUT2D eigenvalue weighted by Gasteiger charge is 2.19. The van der Waals surface area contributed by atoms with Crippen molar-refractivity contribution in [3.05, 3.63) is 65.2 Å². The minimum absolute atomic E-state index is 0.360. The molecule has 1 aliphatic rings. The maximum absolute atomic E-state index is 12.3. The number of nitrogens with one attached hydrogen (secondary N) is 1. The van der Waals surface area contributed by atoms with E-state index in [0.29, 0.717) is 11.3 Å². The summed E-state index contributed by atoms with van der Waals surface area (Å²) in [6.45, 7) is 7.71. The summed E-state index contributed by atoms with van der Waals surface area (Å²) < 4.78 is 10.7. The van der Waals surface area contributed by atoms with Gasteiger partial charge in [-0.2, -0.15) is 0 Å². The largest absolute Gasteiger partial charge is 0.449 e. The number of aryl methyl sites for hydroxylation is 1. The first kappa shape index (κ1) is 20.0. The zero-order valence-corrected chi connectivity index (χ0v) is 16.3. The zero-order valence-electron chi connectivity index (χ0n) is 16.3. The van der Waals surface area contributed by atoms with E-state index in [0.717, 1.165) is 44.0 Å². The molecule has 0 radical (unpaired) electrons. The molecule has 6 nitrogen and oxygen atoms in total. The minimum atomic E-state index is -0.887. The smallest absolute Gasteiger partial charge is 0.338 e. The van der Waals surface area contributed by atoms with Crippen molar-refractivity contribution >= 4 is 17.6 Å². The van der Waals surface area contributed by atoms with E-state index in [1.54, 1.807) is 19.1 Å². The van der Waals surface area contributed by atoms with Crippen molar-refractivity contribution in [3.63, 3.8) is 0 Å². The van der Waals surface area contributed by atoms with Crippen LogP contribution in [0.4, 0.5) is 5.69 Å². The van der Waals surface area contributed by atoms with E-state index in [9.17, 15) is 9.59 Å². The number of hydrogen-bond acceptors (Lipinski definition) is 5. The minimum Gasteiger partial charge on any atom is -0.449 e. The van der Waals surface area contributed by atoms with Crippen LogP contribution in [0.25, 0.3) is 0 Å². The Kier molecular flexibility index (Phi) is 6.79. The van der Waals surface area contributed by atoms with Crippen molar-refractivity contribution in [1.82, 2.24) is 4.90 Å². The lowest BCUT2D eigenvalue weighted by molar-refractivity contribution is -0.123. The molecule has 0 unspecified atom stereocenters. The second-order valence-electron chi connectivity index (χ2n) is 6.99. The summed E-state index contributed by atoms with van der Waals surface area (Å²) in [6, 6.07) is 14.8. The van der Waals surface area contributed by atoms with Gasteiger partial charge < -0.3 is 14.8 Å². The lowest BCUT2D eigenvalue weighted by Gasteiger charge is -2.26. The Bertz CT molecular complexity index is 796. The molecule has 28 heavy (non-hydrogen) atoms. The molecule has 0 bridgehead atoms. The van der Waals surface area contributed by atoms with Crippen LogP contribution < -0.4 is 5.32 Å². The first-order valence-corrected chi connectivity index (χ1v) is 9.49. The molecule has 1 fully saturated rings. The van der Waals surface area contributed by atoms with Gasteiger partial charge in [0, 0.05) is 25.3 Å². The Morgan fingerprint density at radius 3 is 2.36 bits per heavy atom. The summed E-state index contributed by atoms with van der Waals surface area (Å²) in [5.41, 5.74) is 3.34. The molecule has 1 aliphatic heterocycles. The van der Waals surface area contributed by atoms with Crippen LogP contribution in [0, 0.1) is 6.92 Å². The number of carbonyl (C=O) groups excluding carboxylic acids is 2. The van der Waals surface area contributed by atoms with Crippen LogP contribution in [0.1, 0.15) is 28.4 Å². The number of amides is 1. The molecule has 2 aromatic carbocycles. The predicted octanol–water partition coefficient (Wildman–Crippen LogP) is 3.01. The predicted molar refractivity (Wildman–Crippen MR) is 107 cm³/mol. The fraction of sp³-hybridized carbons (Fsp3) is 0.364. The Hall–Kier alpha value is -2.70. The van der Waals surface area contributed by atoms with Gasteiger partial charge >= 0.3 is 5.97 Å². The number of nitrogens with zero attached hydrogens (tertiary/aromatic N) is 1. The highest BCUT2D eigenvalue weighted by atomic mass is 16.5. The molecule has 6 heteroatoms. The number of rotatable bonds is 6. The van der Waals surface area contributed by atoms with Gasteiger partial charge in [-0.05, 0) is 43.7 Å². The summed E-state index contributed by atoms with van der Waals surface area (Å²) in [4.78, 5) is 26.9. The highest BCUT2D eigenvalue weighted by molar-refractivity contribution is 5.97. The molecule has 1 amide bonds. The van der Waals surface area contributed by atoms with E-state index in [1.165, 1.54) is 0 Å². The molecule has 0 aliphatic carbocycles. The molecule has 3 rings (SSSR count). The molecular formula is C22H26N2O4. The average molecular weight is 382 g/mol. The second kappa shape index (κ2) is 9.48. The van der Waals surface area contributed by atoms with Crippen LogP contribution in [0.3, 0.4) is 0 Å². The molecular weight excluding hydrogens is 356 g/mol. The normalized spacial score (nSPS) is 15.6. The van der Waals surface area contributed by atoms with Crippen LogP contribution in [-0.4, -0.2) is 49.2 Å². The second-order valence-corrected chi connectivity index (χ2v) is 6.99. The van der Waals surface area contributed by atoms with Gasteiger partial charge in [-0.1, -0.05) is 29.8 Å². The van der Waals surface area contributed by atoms with E-state index in [-0.39, 0.29) is 5.91 Å². The van der Waals surface area contributed by atoms with Gasteiger partial charge in [0.2, 0.25) is 0 Å². The van der Waals surface area contributed by atoms with Gasteiger partial charge in [0.05, 0.1) is 18.8 Å². The van der Waals surface area contributed by atoms with Crippen LogP contribution in [0.5, 0.6) is 0 Å². The van der Waals surface area contributed by atoms with Crippen molar-refractivity contribution in [3.8, 4) is 0 Å². The average Bonchev–Trinajstić information content (AvgIpc) is 2.71. The van der Waals surface area contributed by atoms with Gasteiger partial charge in [-0.3, -0.25) is 9.69 Å². The third kappa shape index (κ3) is 5.65. The summed E-state index contributed by atoms with van der Waals surface area (Å²) in [7, 11) is 0. The van der Waals surface area contributed by atoms with Gasteiger partial charge in [0.25, 0.3) is 5.91 Å². The summed E-state index contributed by atoms with van der Waals surface area (Å²) >= 11 is 0. The molecule has 2 aromatic rings. The fourth-order valence-electron chi connectivity index (χ4n) is 2.93. The van der Waals surface area contributed by atoms with Crippen molar-refractivity contribution in [2.75, 3.05) is 31.6 Å². The van der Waals surface area contributed by atoms with Crippen molar-refractivity contribution < 1.29 is 19.1 Å². The third-order valence-electron chi connectivity index (χ3n) is 4.67. The van der Waals surface area contributed by atoms with Crippen molar-refractivity contribution in [1.29, 1.82) is 0 Å². The molecule has 0 aromatic heterocycles. The van der Waals surface area contributed by atoms with E-state index in [2.05, 4.69) is 10.2 Å². The monoisotopic (exact) mass is 382 g/mol. The van der Waals surface area contributed by atoms with Crippen LogP contribution in [0.2, 0.25) is 0 Å². The number of hydrogen-bond donors (Lipinski definition) is 1. The zero-order chi connectivity index (χ0) is 19.9. The van der Waals surface area contributed by atoms with E-state index in [1.807, 2.05) is 43.3 Å². The lowest BCUT2D eigenvalue weighted by Crippen LogP contribution is -2.35. The highest BCUT2D eigenvalue weighted by Crippen LogP contribution is 2.13. The summed E-state index contributed by atoms with van der Waals surface area (Å²) in [5, 5.41) is 2.75.